The zero-order chi connectivity index (χ0) is 17.2. The van der Waals surface area contributed by atoms with E-state index < -0.39 is 36.5 Å². The van der Waals surface area contributed by atoms with Gasteiger partial charge >= 0.3 is 12.1 Å². The summed E-state index contributed by atoms with van der Waals surface area (Å²) in [5.74, 6) is -2.06. The number of hydrogen-bond acceptors (Lipinski definition) is 6. The zero-order valence-electron chi connectivity index (χ0n) is 12.8. The molecule has 0 spiro atoms. The molecule has 8 nitrogen and oxygen atoms in total. The van der Waals surface area contributed by atoms with Crippen molar-refractivity contribution < 1.29 is 28.7 Å². The van der Waals surface area contributed by atoms with Crippen LogP contribution in [0.1, 0.15) is 24.2 Å². The van der Waals surface area contributed by atoms with E-state index in [1.807, 2.05) is 5.32 Å². The van der Waals surface area contributed by atoms with E-state index >= 15 is 0 Å². The van der Waals surface area contributed by atoms with Gasteiger partial charge in [0.1, 0.15) is 6.04 Å². The van der Waals surface area contributed by atoms with Crippen molar-refractivity contribution in [3.8, 4) is 0 Å². The molecule has 1 unspecified atom stereocenters. The van der Waals surface area contributed by atoms with Gasteiger partial charge < -0.3 is 14.8 Å². The molecule has 3 amide bonds. The summed E-state index contributed by atoms with van der Waals surface area (Å²) in [5.41, 5.74) is 0.396. The summed E-state index contributed by atoms with van der Waals surface area (Å²) in [6.45, 7) is 2.47. The van der Waals surface area contributed by atoms with Gasteiger partial charge in [-0.3, -0.25) is 14.9 Å². The molecule has 1 aromatic carbocycles. The highest BCUT2D eigenvalue weighted by Crippen LogP contribution is 1.99. The Morgan fingerprint density at radius 1 is 1.09 bits per heavy atom. The Morgan fingerprint density at radius 2 is 1.74 bits per heavy atom. The van der Waals surface area contributed by atoms with E-state index in [-0.39, 0.29) is 6.61 Å². The first-order valence-electron chi connectivity index (χ1n) is 6.93. The van der Waals surface area contributed by atoms with Gasteiger partial charge in [0.25, 0.3) is 11.8 Å². The van der Waals surface area contributed by atoms with Gasteiger partial charge in [0.15, 0.2) is 6.61 Å². The highest BCUT2D eigenvalue weighted by atomic mass is 16.6. The Morgan fingerprint density at radius 3 is 2.35 bits per heavy atom. The first kappa shape index (κ1) is 18.1. The third-order valence-electron chi connectivity index (χ3n) is 2.60. The van der Waals surface area contributed by atoms with E-state index in [2.05, 4.69) is 10.1 Å². The molecule has 0 bridgehead atoms. The highest BCUT2D eigenvalue weighted by molar-refractivity contribution is 5.97. The molecule has 0 aromatic heterocycles. The van der Waals surface area contributed by atoms with E-state index in [1.54, 1.807) is 37.3 Å². The standard InChI is InChI=1S/C15H18N2O6/c1-3-22-15(21)17-12(18)9-23-14(20)10(2)16-13(19)11-7-5-4-6-8-11/h4-8,10H,3,9H2,1-2H3,(H,16,19)(H,17,18,21). The van der Waals surface area contributed by atoms with Crippen LogP contribution in [0, 0.1) is 0 Å². The largest absolute Gasteiger partial charge is 0.454 e. The van der Waals surface area contributed by atoms with Crippen LogP contribution >= 0.6 is 0 Å². The second kappa shape index (κ2) is 9.19. The van der Waals surface area contributed by atoms with Gasteiger partial charge in [0, 0.05) is 5.56 Å². The summed E-state index contributed by atoms with van der Waals surface area (Å²) in [7, 11) is 0. The summed E-state index contributed by atoms with van der Waals surface area (Å²) >= 11 is 0. The van der Waals surface area contributed by atoms with Crippen molar-refractivity contribution in [3.05, 3.63) is 35.9 Å². The number of imide groups is 1. The van der Waals surface area contributed by atoms with E-state index in [4.69, 9.17) is 4.74 Å². The summed E-state index contributed by atoms with van der Waals surface area (Å²) in [6, 6.07) is 7.39. The van der Waals surface area contributed by atoms with E-state index in [0.29, 0.717) is 5.56 Å². The molecule has 124 valence electrons. The van der Waals surface area contributed by atoms with Crippen molar-refractivity contribution in [3.63, 3.8) is 0 Å². The molecule has 1 atom stereocenters. The van der Waals surface area contributed by atoms with Gasteiger partial charge in [0.2, 0.25) is 0 Å². The van der Waals surface area contributed by atoms with Crippen molar-refractivity contribution in [2.75, 3.05) is 13.2 Å². The maximum absolute atomic E-state index is 11.9. The number of nitrogens with one attached hydrogen (secondary N) is 2. The molecule has 1 rings (SSSR count). The zero-order valence-corrected chi connectivity index (χ0v) is 12.8. The molecular weight excluding hydrogens is 304 g/mol. The molecule has 0 aliphatic heterocycles. The van der Waals surface area contributed by atoms with Gasteiger partial charge in [-0.05, 0) is 26.0 Å². The Bertz CT molecular complexity index is 573. The number of carbonyl (C=O) groups is 4. The van der Waals surface area contributed by atoms with Crippen molar-refractivity contribution in [1.29, 1.82) is 0 Å². The van der Waals surface area contributed by atoms with Gasteiger partial charge in [-0.25, -0.2) is 9.59 Å². The number of benzene rings is 1. The molecular formula is C15H18N2O6. The van der Waals surface area contributed by atoms with Gasteiger partial charge in [-0.15, -0.1) is 0 Å². The molecule has 1 aromatic rings. The minimum Gasteiger partial charge on any atom is -0.454 e. The first-order chi connectivity index (χ1) is 10.9. The highest BCUT2D eigenvalue weighted by Gasteiger charge is 2.19. The fraction of sp³-hybridized carbons (Fsp3) is 0.333. The minimum absolute atomic E-state index is 0.113. The van der Waals surface area contributed by atoms with Crippen molar-refractivity contribution in [2.24, 2.45) is 0 Å². The molecule has 0 fully saturated rings. The van der Waals surface area contributed by atoms with Crippen LogP contribution in [-0.4, -0.2) is 43.1 Å². The number of rotatable bonds is 6. The van der Waals surface area contributed by atoms with Crippen LogP contribution in [0.4, 0.5) is 4.79 Å². The van der Waals surface area contributed by atoms with Crippen LogP contribution < -0.4 is 10.6 Å². The molecule has 0 aliphatic rings. The summed E-state index contributed by atoms with van der Waals surface area (Å²) < 4.78 is 9.21. The Hall–Kier alpha value is -2.90. The van der Waals surface area contributed by atoms with Crippen LogP contribution in [0.3, 0.4) is 0 Å². The molecule has 0 radical (unpaired) electrons. The predicted octanol–water partition coefficient (Wildman–Crippen LogP) is 0.621. The normalized spacial score (nSPS) is 11.0. The average Bonchev–Trinajstić information content (AvgIpc) is 2.53. The molecule has 8 heteroatoms. The second-order valence-electron chi connectivity index (χ2n) is 4.44. The third-order valence-corrected chi connectivity index (χ3v) is 2.60. The topological polar surface area (TPSA) is 111 Å². The second-order valence-corrected chi connectivity index (χ2v) is 4.44. The number of esters is 1. The van der Waals surface area contributed by atoms with Gasteiger partial charge in [-0.2, -0.15) is 0 Å². The summed E-state index contributed by atoms with van der Waals surface area (Å²) in [6.07, 6.45) is -0.918. The fourth-order valence-electron chi connectivity index (χ4n) is 1.51. The maximum atomic E-state index is 11.9. The van der Waals surface area contributed by atoms with Crippen LogP contribution in [0.25, 0.3) is 0 Å². The van der Waals surface area contributed by atoms with Crippen molar-refractivity contribution in [1.82, 2.24) is 10.6 Å². The average molecular weight is 322 g/mol. The van der Waals surface area contributed by atoms with Crippen LogP contribution in [0.2, 0.25) is 0 Å². The van der Waals surface area contributed by atoms with E-state index in [9.17, 15) is 19.2 Å². The number of alkyl carbamates (subject to hydrolysis) is 1. The van der Waals surface area contributed by atoms with Crippen LogP contribution in [0.5, 0.6) is 0 Å². The maximum Gasteiger partial charge on any atom is 0.413 e. The number of hydrogen-bond donors (Lipinski definition) is 2. The molecule has 0 aliphatic carbocycles. The predicted molar refractivity (Wildman–Crippen MR) is 79.5 cm³/mol. The Labute approximate surface area is 133 Å². The lowest BCUT2D eigenvalue weighted by Crippen LogP contribution is -2.41. The lowest BCUT2D eigenvalue weighted by molar-refractivity contribution is -0.149. The van der Waals surface area contributed by atoms with E-state index in [0.717, 1.165) is 0 Å². The lowest BCUT2D eigenvalue weighted by Gasteiger charge is -2.13. The minimum atomic E-state index is -0.946. The number of ether oxygens (including phenoxy) is 2. The van der Waals surface area contributed by atoms with Crippen LogP contribution in [-0.2, 0) is 19.1 Å². The van der Waals surface area contributed by atoms with E-state index in [1.165, 1.54) is 6.92 Å². The fourth-order valence-corrected chi connectivity index (χ4v) is 1.51. The molecule has 23 heavy (non-hydrogen) atoms. The van der Waals surface area contributed by atoms with Gasteiger partial charge in [-0.1, -0.05) is 18.2 Å². The van der Waals surface area contributed by atoms with Crippen molar-refractivity contribution in [2.45, 2.75) is 19.9 Å². The molecule has 0 saturated heterocycles. The lowest BCUT2D eigenvalue weighted by atomic mass is 10.2. The third kappa shape index (κ3) is 6.60. The Balaban J connectivity index is 2.38. The summed E-state index contributed by atoms with van der Waals surface area (Å²) in [4.78, 5) is 45.9. The number of amides is 3. The monoisotopic (exact) mass is 322 g/mol. The molecule has 0 saturated carbocycles. The quantitative estimate of drug-likeness (QED) is 0.743. The first-order valence-corrected chi connectivity index (χ1v) is 6.93. The van der Waals surface area contributed by atoms with Gasteiger partial charge in [0.05, 0.1) is 6.61 Å². The van der Waals surface area contributed by atoms with Crippen LogP contribution in [0.15, 0.2) is 30.3 Å². The Kier molecular flexibility index (Phi) is 7.25. The SMILES string of the molecule is CCOC(=O)NC(=O)COC(=O)C(C)NC(=O)c1ccccc1. The number of carbonyl (C=O) groups excluding carboxylic acids is 4. The van der Waals surface area contributed by atoms with Crippen molar-refractivity contribution >= 4 is 23.9 Å². The smallest absolute Gasteiger partial charge is 0.413 e. The molecule has 2 N–H and O–H groups in total. The molecule has 0 heterocycles. The summed E-state index contributed by atoms with van der Waals surface area (Å²) in [5, 5.41) is 4.32.